The predicted octanol–water partition coefficient (Wildman–Crippen LogP) is 3.26. The first kappa shape index (κ1) is 20.0. The van der Waals surface area contributed by atoms with Gasteiger partial charge < -0.3 is 14.3 Å². The highest BCUT2D eigenvalue weighted by molar-refractivity contribution is 5.82. The molecule has 0 saturated heterocycles. The second kappa shape index (κ2) is 6.99. The lowest BCUT2D eigenvalue weighted by atomic mass is 9.80. The van der Waals surface area contributed by atoms with Crippen LogP contribution in [0.15, 0.2) is 42.5 Å². The Labute approximate surface area is 159 Å². The zero-order valence-corrected chi connectivity index (χ0v) is 16.1. The maximum absolute atomic E-state index is 13.8. The van der Waals surface area contributed by atoms with Gasteiger partial charge >= 0.3 is 5.97 Å². The van der Waals surface area contributed by atoms with Crippen molar-refractivity contribution in [2.45, 2.75) is 49.4 Å². The summed E-state index contributed by atoms with van der Waals surface area (Å²) in [6.45, 7) is 0. The number of quaternary nitrogens is 1. The Hall–Kier alpha value is -1.79. The normalized spacial score (nSPS) is 29.5. The summed E-state index contributed by atoms with van der Waals surface area (Å²) in [5.74, 6) is -4.58. The van der Waals surface area contributed by atoms with Crippen LogP contribution in [0.25, 0.3) is 0 Å². The van der Waals surface area contributed by atoms with Gasteiger partial charge in [-0.1, -0.05) is 30.3 Å². The summed E-state index contributed by atoms with van der Waals surface area (Å²) in [6, 6.07) is 8.51. The van der Waals surface area contributed by atoms with E-state index in [9.17, 15) is 18.7 Å². The van der Waals surface area contributed by atoms with Gasteiger partial charge in [-0.25, -0.2) is 13.6 Å². The molecule has 0 spiro atoms. The molecule has 6 heteroatoms. The van der Waals surface area contributed by atoms with Crippen LogP contribution in [0.2, 0.25) is 0 Å². The lowest BCUT2D eigenvalue weighted by Crippen LogP contribution is -2.46. The Kier molecular flexibility index (Phi) is 5.16. The quantitative estimate of drug-likeness (QED) is 0.485. The third-order valence-electron chi connectivity index (χ3n) is 5.79. The SMILES string of the molecule is C[N+](C)(C)C1C=C[C@@H](OC(=O)[C@](O)(c2ccccc2)[C@@H]2CCC(F)(F)C2)C1. The monoisotopic (exact) mass is 380 g/mol. The summed E-state index contributed by atoms with van der Waals surface area (Å²) in [5, 5.41) is 11.3. The zero-order valence-electron chi connectivity index (χ0n) is 16.1. The molecule has 3 rings (SSSR count). The number of ether oxygens (including phenoxy) is 1. The van der Waals surface area contributed by atoms with Crippen LogP contribution in [-0.2, 0) is 15.1 Å². The summed E-state index contributed by atoms with van der Waals surface area (Å²) < 4.78 is 33.9. The van der Waals surface area contributed by atoms with Crippen molar-refractivity contribution in [1.82, 2.24) is 0 Å². The fourth-order valence-electron chi connectivity index (χ4n) is 4.06. The van der Waals surface area contributed by atoms with E-state index < -0.39 is 35.9 Å². The number of alkyl halides is 2. The molecule has 1 N–H and O–H groups in total. The number of benzene rings is 1. The van der Waals surface area contributed by atoms with Gasteiger partial charge in [-0.15, -0.1) is 0 Å². The van der Waals surface area contributed by atoms with Gasteiger partial charge in [-0.3, -0.25) is 0 Å². The molecule has 1 aromatic carbocycles. The molecule has 0 heterocycles. The lowest BCUT2D eigenvalue weighted by molar-refractivity contribution is -0.889. The Balaban J connectivity index is 1.82. The highest BCUT2D eigenvalue weighted by atomic mass is 19.3. The van der Waals surface area contributed by atoms with Crippen molar-refractivity contribution in [3.05, 3.63) is 48.0 Å². The standard InChI is InChI=1S/C21H28F2NO3/c1-24(2,3)17-9-10-18(13-17)27-19(25)21(26,15-7-5-4-6-8-15)16-11-12-20(22,23)14-16/h4-10,16-18,26H,11-14H2,1-3H3/q+1/t16-,17?,18-,21+/m1/s1. The molecule has 0 aromatic heterocycles. The second-order valence-corrected chi connectivity index (χ2v) is 8.68. The molecule has 0 radical (unpaired) electrons. The molecule has 0 amide bonds. The van der Waals surface area contributed by atoms with Gasteiger partial charge in [0.2, 0.25) is 5.92 Å². The average molecular weight is 380 g/mol. The predicted molar refractivity (Wildman–Crippen MR) is 98.1 cm³/mol. The smallest absolute Gasteiger partial charge is 0.343 e. The number of rotatable bonds is 5. The fourth-order valence-corrected chi connectivity index (χ4v) is 4.06. The molecule has 27 heavy (non-hydrogen) atoms. The minimum Gasteiger partial charge on any atom is -0.455 e. The molecule has 2 aliphatic rings. The molecular formula is C21H28F2NO3+. The van der Waals surface area contributed by atoms with Gasteiger partial charge in [0, 0.05) is 25.2 Å². The van der Waals surface area contributed by atoms with Crippen molar-refractivity contribution in [3.63, 3.8) is 0 Å². The summed E-state index contributed by atoms with van der Waals surface area (Å²) >= 11 is 0. The first-order chi connectivity index (χ1) is 12.5. The second-order valence-electron chi connectivity index (χ2n) is 8.68. The van der Waals surface area contributed by atoms with E-state index in [0.29, 0.717) is 16.5 Å². The van der Waals surface area contributed by atoms with Crippen molar-refractivity contribution in [2.24, 2.45) is 5.92 Å². The molecule has 1 fully saturated rings. The molecule has 1 saturated carbocycles. The number of likely N-dealkylation sites (N-methyl/N-ethyl adjacent to an activating group) is 1. The Bertz CT molecular complexity index is 714. The number of carbonyl (C=O) groups is 1. The van der Waals surface area contributed by atoms with E-state index in [2.05, 4.69) is 21.1 Å². The van der Waals surface area contributed by atoms with Gasteiger partial charge in [0.1, 0.15) is 12.1 Å². The van der Waals surface area contributed by atoms with Gasteiger partial charge in [0.15, 0.2) is 5.60 Å². The van der Waals surface area contributed by atoms with Crippen LogP contribution in [-0.4, -0.2) is 54.8 Å². The fraction of sp³-hybridized carbons (Fsp3) is 0.571. The number of hydrogen-bond acceptors (Lipinski definition) is 3. The Morgan fingerprint density at radius 3 is 2.41 bits per heavy atom. The molecule has 2 aliphatic carbocycles. The summed E-state index contributed by atoms with van der Waals surface area (Å²) in [5.41, 5.74) is -1.76. The van der Waals surface area contributed by atoms with Crippen LogP contribution in [0.5, 0.6) is 0 Å². The largest absolute Gasteiger partial charge is 0.455 e. The van der Waals surface area contributed by atoms with E-state index in [1.54, 1.807) is 30.3 Å². The van der Waals surface area contributed by atoms with Crippen molar-refractivity contribution >= 4 is 5.97 Å². The maximum atomic E-state index is 13.8. The number of esters is 1. The van der Waals surface area contributed by atoms with Gasteiger partial charge in [-0.05, 0) is 24.1 Å². The molecule has 4 nitrogen and oxygen atoms in total. The topological polar surface area (TPSA) is 46.5 Å². The summed E-state index contributed by atoms with van der Waals surface area (Å²) in [7, 11) is 6.17. The van der Waals surface area contributed by atoms with E-state index >= 15 is 0 Å². The lowest BCUT2D eigenvalue weighted by Gasteiger charge is -2.34. The van der Waals surface area contributed by atoms with E-state index in [0.717, 1.165) is 0 Å². The van der Waals surface area contributed by atoms with E-state index in [4.69, 9.17) is 4.74 Å². The number of aliphatic hydroxyl groups is 1. The zero-order chi connectivity index (χ0) is 19.9. The first-order valence-electron chi connectivity index (χ1n) is 9.38. The van der Waals surface area contributed by atoms with Crippen LogP contribution in [0.3, 0.4) is 0 Å². The third-order valence-corrected chi connectivity index (χ3v) is 5.79. The summed E-state index contributed by atoms with van der Waals surface area (Å²) in [6.07, 6.45) is 3.21. The van der Waals surface area contributed by atoms with E-state index in [1.807, 2.05) is 12.2 Å². The van der Waals surface area contributed by atoms with Gasteiger partial charge in [-0.2, -0.15) is 0 Å². The highest BCUT2D eigenvalue weighted by Gasteiger charge is 2.55. The van der Waals surface area contributed by atoms with Crippen molar-refractivity contribution < 1.29 is 27.9 Å². The molecular weight excluding hydrogens is 352 g/mol. The molecule has 0 bridgehead atoms. The molecule has 1 unspecified atom stereocenters. The van der Waals surface area contributed by atoms with E-state index in [1.165, 1.54) is 0 Å². The average Bonchev–Trinajstić information content (AvgIpc) is 3.21. The number of nitrogens with zero attached hydrogens (tertiary/aromatic N) is 1. The molecule has 4 atom stereocenters. The van der Waals surface area contributed by atoms with Gasteiger partial charge in [0.05, 0.1) is 21.1 Å². The minimum absolute atomic E-state index is 0.0789. The van der Waals surface area contributed by atoms with Crippen LogP contribution in [0.1, 0.15) is 31.2 Å². The first-order valence-corrected chi connectivity index (χ1v) is 9.38. The number of carbonyl (C=O) groups excluding carboxylic acids is 1. The Morgan fingerprint density at radius 2 is 1.89 bits per heavy atom. The Morgan fingerprint density at radius 1 is 1.22 bits per heavy atom. The van der Waals surface area contributed by atoms with Crippen LogP contribution < -0.4 is 0 Å². The third kappa shape index (κ3) is 4.06. The van der Waals surface area contributed by atoms with Gasteiger partial charge in [0.25, 0.3) is 0 Å². The van der Waals surface area contributed by atoms with Crippen LogP contribution in [0, 0.1) is 5.92 Å². The molecule has 148 valence electrons. The van der Waals surface area contributed by atoms with Crippen molar-refractivity contribution in [1.29, 1.82) is 0 Å². The maximum Gasteiger partial charge on any atom is 0.343 e. The number of halogens is 2. The van der Waals surface area contributed by atoms with Crippen LogP contribution in [0.4, 0.5) is 8.78 Å². The van der Waals surface area contributed by atoms with Crippen molar-refractivity contribution in [2.75, 3.05) is 21.1 Å². The highest BCUT2D eigenvalue weighted by Crippen LogP contribution is 2.48. The van der Waals surface area contributed by atoms with Crippen LogP contribution >= 0.6 is 0 Å². The van der Waals surface area contributed by atoms with Crippen molar-refractivity contribution in [3.8, 4) is 0 Å². The molecule has 1 aromatic rings. The summed E-state index contributed by atoms with van der Waals surface area (Å²) in [4.78, 5) is 13.0. The number of hydrogen-bond donors (Lipinski definition) is 1. The molecule has 0 aliphatic heterocycles. The minimum atomic E-state index is -2.87. The van der Waals surface area contributed by atoms with E-state index in [-0.39, 0.29) is 18.9 Å².